The number of carbonyl (C=O) groups is 3. The molecule has 0 aromatic carbocycles. The van der Waals surface area contributed by atoms with E-state index in [1.54, 1.807) is 0 Å². The van der Waals surface area contributed by atoms with Crippen molar-refractivity contribution in [3.05, 3.63) is 0 Å². The fourth-order valence-corrected chi connectivity index (χ4v) is 9.29. The number of hydrogen-bond donors (Lipinski definition) is 0. The highest BCUT2D eigenvalue weighted by Crippen LogP contribution is 2.19. The van der Waals surface area contributed by atoms with Gasteiger partial charge in [-0.05, 0) is 37.0 Å². The molecule has 398 valence electrons. The Hall–Kier alpha value is -1.59. The number of esters is 3. The predicted molar refractivity (Wildman–Crippen MR) is 289 cm³/mol. The van der Waals surface area contributed by atoms with Crippen LogP contribution in [0.25, 0.3) is 0 Å². The van der Waals surface area contributed by atoms with Crippen LogP contribution in [0.4, 0.5) is 0 Å². The van der Waals surface area contributed by atoms with E-state index in [2.05, 4.69) is 41.5 Å². The molecule has 67 heavy (non-hydrogen) atoms. The van der Waals surface area contributed by atoms with E-state index < -0.39 is 6.10 Å². The molecule has 0 saturated carbocycles. The highest BCUT2D eigenvalue weighted by atomic mass is 16.6. The van der Waals surface area contributed by atoms with Crippen molar-refractivity contribution in [1.29, 1.82) is 0 Å². The van der Waals surface area contributed by atoms with Crippen LogP contribution in [0.1, 0.15) is 337 Å². The minimum Gasteiger partial charge on any atom is -0.462 e. The molecule has 0 fully saturated rings. The van der Waals surface area contributed by atoms with Crippen molar-refractivity contribution >= 4 is 17.9 Å². The maximum atomic E-state index is 12.9. The van der Waals surface area contributed by atoms with Crippen LogP contribution >= 0.6 is 0 Å². The van der Waals surface area contributed by atoms with E-state index in [0.29, 0.717) is 19.3 Å². The van der Waals surface area contributed by atoms with Crippen LogP contribution in [0, 0.1) is 17.8 Å². The summed E-state index contributed by atoms with van der Waals surface area (Å²) in [6, 6.07) is 0. The number of rotatable bonds is 54. The van der Waals surface area contributed by atoms with Crippen LogP contribution in [-0.4, -0.2) is 37.2 Å². The van der Waals surface area contributed by atoms with Gasteiger partial charge in [-0.3, -0.25) is 14.4 Å². The lowest BCUT2D eigenvalue weighted by Gasteiger charge is -2.18. The molecule has 0 rings (SSSR count). The lowest BCUT2D eigenvalue weighted by atomic mass is 9.99. The second kappa shape index (κ2) is 52.2. The first-order valence-electron chi connectivity index (χ1n) is 30.2. The van der Waals surface area contributed by atoms with Gasteiger partial charge in [-0.15, -0.1) is 0 Å². The number of hydrogen-bond acceptors (Lipinski definition) is 6. The fourth-order valence-electron chi connectivity index (χ4n) is 9.29. The van der Waals surface area contributed by atoms with E-state index in [1.807, 2.05) is 0 Å². The molecule has 0 saturated heterocycles. The molecule has 6 nitrogen and oxygen atoms in total. The summed E-state index contributed by atoms with van der Waals surface area (Å²) >= 11 is 0. The summed E-state index contributed by atoms with van der Waals surface area (Å²) in [5, 5.41) is 0. The van der Waals surface area contributed by atoms with Crippen LogP contribution in [0.5, 0.6) is 0 Å². The summed E-state index contributed by atoms with van der Waals surface area (Å²) < 4.78 is 16.9. The Bertz CT molecular complexity index is 1040. The van der Waals surface area contributed by atoms with E-state index in [0.717, 1.165) is 75.5 Å². The zero-order valence-corrected chi connectivity index (χ0v) is 46.2. The van der Waals surface area contributed by atoms with Gasteiger partial charge in [-0.25, -0.2) is 0 Å². The van der Waals surface area contributed by atoms with Gasteiger partial charge in [0.05, 0.1) is 0 Å². The molecule has 0 aliphatic rings. The minimum atomic E-state index is -0.764. The van der Waals surface area contributed by atoms with Crippen LogP contribution in [0.3, 0.4) is 0 Å². The second-order valence-electron chi connectivity index (χ2n) is 21.9. The molecular formula is C61H118O6. The van der Waals surface area contributed by atoms with Gasteiger partial charge < -0.3 is 14.2 Å². The van der Waals surface area contributed by atoms with Gasteiger partial charge in [0, 0.05) is 19.3 Å². The second-order valence-corrected chi connectivity index (χ2v) is 21.9. The number of unbranched alkanes of at least 4 members (excludes halogenated alkanes) is 35. The molecule has 0 amide bonds. The third-order valence-corrected chi connectivity index (χ3v) is 14.6. The zero-order valence-electron chi connectivity index (χ0n) is 46.2. The molecule has 0 aliphatic heterocycles. The topological polar surface area (TPSA) is 78.9 Å². The van der Waals surface area contributed by atoms with Crippen molar-refractivity contribution in [2.24, 2.45) is 17.8 Å². The summed E-state index contributed by atoms with van der Waals surface area (Å²) in [6.07, 6.45) is 55.4. The molecule has 0 bridgehead atoms. The molecule has 0 aromatic heterocycles. The van der Waals surface area contributed by atoms with E-state index in [1.165, 1.54) is 218 Å². The molecule has 0 heterocycles. The van der Waals surface area contributed by atoms with Crippen LogP contribution in [0.2, 0.25) is 0 Å². The van der Waals surface area contributed by atoms with Gasteiger partial charge >= 0.3 is 17.9 Å². The van der Waals surface area contributed by atoms with Crippen molar-refractivity contribution in [3.63, 3.8) is 0 Å². The summed E-state index contributed by atoms with van der Waals surface area (Å²) in [5.74, 6) is 1.72. The van der Waals surface area contributed by atoms with E-state index in [-0.39, 0.29) is 31.1 Å². The predicted octanol–water partition coefficient (Wildman–Crippen LogP) is 19.9. The standard InChI is InChI=1S/C61H118O6/c1-7-56(5)48-42-36-29-25-21-17-13-11-9-10-12-14-20-24-28-32-40-46-52-61(64)67-58(54-66-60(63)51-45-39-34-33-35-41-47-55(3)4)53-65-59(62)50-44-38-31-27-23-19-16-15-18-22-26-30-37-43-49-57(6)8-2/h55-58H,7-54H2,1-6H3/t56?,57?,58-/m1/s1. The zero-order chi connectivity index (χ0) is 49.1. The molecule has 0 N–H and O–H groups in total. The summed E-state index contributed by atoms with van der Waals surface area (Å²) in [4.78, 5) is 38.1. The van der Waals surface area contributed by atoms with E-state index in [9.17, 15) is 14.4 Å². The van der Waals surface area contributed by atoms with Crippen molar-refractivity contribution in [3.8, 4) is 0 Å². The Morgan fingerprint density at radius 3 is 0.776 bits per heavy atom. The lowest BCUT2D eigenvalue weighted by Crippen LogP contribution is -2.30. The van der Waals surface area contributed by atoms with Crippen LogP contribution in [-0.2, 0) is 28.6 Å². The SMILES string of the molecule is CCC(C)CCCCCCCCCCCCCCCCCCCCC(=O)O[C@H](COC(=O)CCCCCCCCCCCCCCCCC(C)CC)COC(=O)CCCCCCCCC(C)C. The third kappa shape index (κ3) is 52.1. The quantitative estimate of drug-likeness (QED) is 0.0343. The Morgan fingerprint density at radius 2 is 0.522 bits per heavy atom. The van der Waals surface area contributed by atoms with E-state index >= 15 is 0 Å². The molecule has 0 aromatic rings. The average Bonchev–Trinajstić information content (AvgIpc) is 3.31. The highest BCUT2D eigenvalue weighted by Gasteiger charge is 2.19. The molecule has 0 radical (unpaired) electrons. The van der Waals surface area contributed by atoms with Gasteiger partial charge in [-0.1, -0.05) is 298 Å². The molecule has 2 unspecified atom stereocenters. The van der Waals surface area contributed by atoms with Gasteiger partial charge in [0.2, 0.25) is 0 Å². The monoisotopic (exact) mass is 947 g/mol. The maximum Gasteiger partial charge on any atom is 0.306 e. The summed E-state index contributed by atoms with van der Waals surface area (Å²) in [5.41, 5.74) is 0. The van der Waals surface area contributed by atoms with Gasteiger partial charge in [0.1, 0.15) is 13.2 Å². The highest BCUT2D eigenvalue weighted by molar-refractivity contribution is 5.71. The number of ether oxygens (including phenoxy) is 3. The average molecular weight is 948 g/mol. The fraction of sp³-hybridized carbons (Fsp3) is 0.951. The minimum absolute atomic E-state index is 0.0642. The van der Waals surface area contributed by atoms with Crippen LogP contribution in [0.15, 0.2) is 0 Å². The first kappa shape index (κ1) is 65.4. The molecule has 0 aliphatic carbocycles. The molecule has 0 spiro atoms. The first-order valence-corrected chi connectivity index (χ1v) is 30.2. The first-order chi connectivity index (χ1) is 32.7. The Balaban J connectivity index is 4.19. The van der Waals surface area contributed by atoms with Crippen molar-refractivity contribution in [1.82, 2.24) is 0 Å². The number of carbonyl (C=O) groups excluding carboxylic acids is 3. The van der Waals surface area contributed by atoms with Gasteiger partial charge in [0.25, 0.3) is 0 Å². The summed E-state index contributed by atoms with van der Waals surface area (Å²) in [7, 11) is 0. The maximum absolute atomic E-state index is 12.9. The lowest BCUT2D eigenvalue weighted by molar-refractivity contribution is -0.167. The normalized spacial score (nSPS) is 12.9. The largest absolute Gasteiger partial charge is 0.462 e. The van der Waals surface area contributed by atoms with Crippen molar-refractivity contribution < 1.29 is 28.6 Å². The molecular weight excluding hydrogens is 829 g/mol. The molecule has 3 atom stereocenters. The Kier molecular flexibility index (Phi) is 51.0. The molecule has 6 heteroatoms. The van der Waals surface area contributed by atoms with Gasteiger partial charge in [0.15, 0.2) is 6.10 Å². The third-order valence-electron chi connectivity index (χ3n) is 14.6. The smallest absolute Gasteiger partial charge is 0.306 e. The summed E-state index contributed by atoms with van der Waals surface area (Å²) in [6.45, 7) is 13.8. The van der Waals surface area contributed by atoms with Crippen molar-refractivity contribution in [2.45, 2.75) is 343 Å². The van der Waals surface area contributed by atoms with Gasteiger partial charge in [-0.2, -0.15) is 0 Å². The van der Waals surface area contributed by atoms with Crippen LogP contribution < -0.4 is 0 Å². The van der Waals surface area contributed by atoms with Crippen molar-refractivity contribution in [2.75, 3.05) is 13.2 Å². The van der Waals surface area contributed by atoms with E-state index in [4.69, 9.17) is 14.2 Å². The Morgan fingerprint density at radius 1 is 0.299 bits per heavy atom. The Labute approximate surface area is 418 Å².